The van der Waals surface area contributed by atoms with Crippen molar-refractivity contribution in [2.75, 3.05) is 5.73 Å². The lowest BCUT2D eigenvalue weighted by molar-refractivity contribution is 0.482. The van der Waals surface area contributed by atoms with E-state index in [4.69, 9.17) is 10.3 Å². The third-order valence-corrected chi connectivity index (χ3v) is 3.44. The number of hydrogen-bond donors (Lipinski definition) is 2. The van der Waals surface area contributed by atoms with Gasteiger partial charge in [-0.25, -0.2) is 0 Å². The van der Waals surface area contributed by atoms with E-state index in [1.807, 2.05) is 19.9 Å². The third-order valence-electron chi connectivity index (χ3n) is 2.79. The van der Waals surface area contributed by atoms with Crippen LogP contribution >= 0.6 is 0 Å². The van der Waals surface area contributed by atoms with Crippen molar-refractivity contribution in [3.8, 4) is 0 Å². The quantitative estimate of drug-likeness (QED) is 0.627. The summed E-state index contributed by atoms with van der Waals surface area (Å²) in [6.07, 6.45) is 0.850. The maximum Gasteiger partial charge on any atom is 0.269 e. The molecule has 0 bridgehead atoms. The molecule has 16 heavy (non-hydrogen) atoms. The van der Waals surface area contributed by atoms with Gasteiger partial charge >= 0.3 is 0 Å². The summed E-state index contributed by atoms with van der Waals surface area (Å²) in [7, 11) is -4.04. The second-order valence-electron chi connectivity index (χ2n) is 3.95. The molecule has 0 saturated carbocycles. The average Bonchev–Trinajstić information content (AvgIpc) is 2.17. The van der Waals surface area contributed by atoms with Gasteiger partial charge in [-0.3, -0.25) is 4.55 Å². The maximum absolute atomic E-state index is 10.9. The standard InChI is InChI=1S/C11H17NO3S/c1-4-9-5-7(2)10(6-16(13,14)15)11(12)8(9)3/h5H,4,6,12H2,1-3H3,(H,13,14,15). The molecule has 0 atom stereocenters. The maximum atomic E-state index is 10.9. The summed E-state index contributed by atoms with van der Waals surface area (Å²) in [6.45, 7) is 5.68. The van der Waals surface area contributed by atoms with Crippen LogP contribution in [0.2, 0.25) is 0 Å². The molecule has 1 rings (SSSR count). The lowest BCUT2D eigenvalue weighted by atomic mass is 9.97. The van der Waals surface area contributed by atoms with Crippen molar-refractivity contribution in [2.24, 2.45) is 0 Å². The molecule has 90 valence electrons. The molecule has 0 heterocycles. The van der Waals surface area contributed by atoms with Crippen LogP contribution in [0.5, 0.6) is 0 Å². The van der Waals surface area contributed by atoms with Crippen molar-refractivity contribution in [3.63, 3.8) is 0 Å². The minimum atomic E-state index is -4.04. The van der Waals surface area contributed by atoms with E-state index < -0.39 is 15.9 Å². The SMILES string of the molecule is CCc1cc(C)c(CS(=O)(=O)O)c(N)c1C. The van der Waals surface area contributed by atoms with Gasteiger partial charge in [-0.1, -0.05) is 13.0 Å². The molecule has 0 fully saturated rings. The Hall–Kier alpha value is -1.07. The predicted octanol–water partition coefficient (Wildman–Crippen LogP) is 1.84. The Morgan fingerprint density at radius 1 is 1.38 bits per heavy atom. The number of hydrogen-bond acceptors (Lipinski definition) is 3. The van der Waals surface area contributed by atoms with Gasteiger partial charge in [0.2, 0.25) is 0 Å². The highest BCUT2D eigenvalue weighted by molar-refractivity contribution is 7.85. The molecule has 5 heteroatoms. The number of nitrogens with two attached hydrogens (primary N) is 1. The molecule has 0 aliphatic carbocycles. The smallest absolute Gasteiger partial charge is 0.269 e. The Morgan fingerprint density at radius 2 is 1.94 bits per heavy atom. The first-order valence-electron chi connectivity index (χ1n) is 5.08. The average molecular weight is 243 g/mol. The highest BCUT2D eigenvalue weighted by Crippen LogP contribution is 2.26. The molecule has 0 unspecified atom stereocenters. The highest BCUT2D eigenvalue weighted by atomic mass is 32.2. The fraction of sp³-hybridized carbons (Fsp3) is 0.455. The van der Waals surface area contributed by atoms with E-state index in [-0.39, 0.29) is 0 Å². The van der Waals surface area contributed by atoms with Crippen LogP contribution in [-0.4, -0.2) is 13.0 Å². The van der Waals surface area contributed by atoms with Crippen LogP contribution in [-0.2, 0) is 22.3 Å². The van der Waals surface area contributed by atoms with E-state index in [0.717, 1.165) is 23.1 Å². The molecular formula is C11H17NO3S. The van der Waals surface area contributed by atoms with Crippen LogP contribution in [0.4, 0.5) is 5.69 Å². The monoisotopic (exact) mass is 243 g/mol. The second kappa shape index (κ2) is 4.43. The van der Waals surface area contributed by atoms with Gasteiger partial charge in [-0.05, 0) is 42.5 Å². The Morgan fingerprint density at radius 3 is 2.38 bits per heavy atom. The summed E-state index contributed by atoms with van der Waals surface area (Å²) < 4.78 is 30.6. The zero-order chi connectivity index (χ0) is 12.5. The Kier molecular flexibility index (Phi) is 3.60. The Bertz CT molecular complexity index is 506. The van der Waals surface area contributed by atoms with Crippen molar-refractivity contribution >= 4 is 15.8 Å². The van der Waals surface area contributed by atoms with Crippen molar-refractivity contribution in [1.29, 1.82) is 0 Å². The molecule has 0 aliphatic heterocycles. The zero-order valence-corrected chi connectivity index (χ0v) is 10.6. The van der Waals surface area contributed by atoms with Gasteiger partial charge < -0.3 is 5.73 Å². The van der Waals surface area contributed by atoms with Crippen LogP contribution in [0.3, 0.4) is 0 Å². The minimum absolute atomic E-state index is 0.421. The Labute approximate surface area is 96.2 Å². The van der Waals surface area contributed by atoms with Gasteiger partial charge in [0, 0.05) is 5.69 Å². The van der Waals surface area contributed by atoms with Crippen LogP contribution in [0.15, 0.2) is 6.07 Å². The van der Waals surface area contributed by atoms with E-state index in [2.05, 4.69) is 0 Å². The molecule has 3 N–H and O–H groups in total. The second-order valence-corrected chi connectivity index (χ2v) is 5.40. The Balaban J connectivity index is 3.37. The molecule has 0 radical (unpaired) electrons. The van der Waals surface area contributed by atoms with Gasteiger partial charge in [-0.15, -0.1) is 0 Å². The van der Waals surface area contributed by atoms with E-state index in [1.54, 1.807) is 6.92 Å². The summed E-state index contributed by atoms with van der Waals surface area (Å²) in [5.74, 6) is -0.421. The number of rotatable bonds is 3. The number of nitrogen functional groups attached to an aromatic ring is 1. The van der Waals surface area contributed by atoms with Crippen LogP contribution in [0.1, 0.15) is 29.2 Å². The minimum Gasteiger partial charge on any atom is -0.398 e. The fourth-order valence-corrected chi connectivity index (χ4v) is 2.56. The van der Waals surface area contributed by atoms with E-state index in [1.165, 1.54) is 0 Å². The molecule has 1 aromatic carbocycles. The van der Waals surface area contributed by atoms with Gasteiger partial charge in [0.05, 0.1) is 0 Å². The molecule has 4 nitrogen and oxygen atoms in total. The number of anilines is 1. The zero-order valence-electron chi connectivity index (χ0n) is 9.74. The summed E-state index contributed by atoms with van der Waals surface area (Å²) in [5, 5.41) is 0. The van der Waals surface area contributed by atoms with Crippen molar-refractivity contribution < 1.29 is 13.0 Å². The first kappa shape index (κ1) is 13.0. The topological polar surface area (TPSA) is 80.4 Å². The fourth-order valence-electron chi connectivity index (χ4n) is 1.81. The van der Waals surface area contributed by atoms with Crippen molar-refractivity contribution in [1.82, 2.24) is 0 Å². The van der Waals surface area contributed by atoms with Gasteiger partial charge in [0.15, 0.2) is 0 Å². The summed E-state index contributed by atoms with van der Waals surface area (Å²) in [4.78, 5) is 0. The van der Waals surface area contributed by atoms with Crippen LogP contribution < -0.4 is 5.73 Å². The summed E-state index contributed by atoms with van der Waals surface area (Å²) in [6, 6.07) is 1.92. The van der Waals surface area contributed by atoms with Crippen LogP contribution in [0.25, 0.3) is 0 Å². The van der Waals surface area contributed by atoms with Crippen molar-refractivity contribution in [3.05, 3.63) is 28.3 Å². The first-order valence-corrected chi connectivity index (χ1v) is 6.69. The lowest BCUT2D eigenvalue weighted by Crippen LogP contribution is -2.09. The molecule has 1 aromatic rings. The van der Waals surface area contributed by atoms with Gasteiger partial charge in [0.1, 0.15) is 5.75 Å². The first-order chi connectivity index (χ1) is 7.26. The number of benzene rings is 1. The van der Waals surface area contributed by atoms with E-state index in [0.29, 0.717) is 11.3 Å². The molecule has 0 aromatic heterocycles. The number of aryl methyl sites for hydroxylation is 2. The molecular weight excluding hydrogens is 226 g/mol. The molecule has 0 amide bonds. The largest absolute Gasteiger partial charge is 0.398 e. The predicted molar refractivity (Wildman–Crippen MR) is 65.0 cm³/mol. The summed E-state index contributed by atoms with van der Waals surface area (Å²) >= 11 is 0. The van der Waals surface area contributed by atoms with E-state index >= 15 is 0 Å². The van der Waals surface area contributed by atoms with Gasteiger partial charge in [-0.2, -0.15) is 8.42 Å². The molecule has 0 saturated heterocycles. The third kappa shape index (κ3) is 2.74. The molecule has 0 aliphatic rings. The summed E-state index contributed by atoms with van der Waals surface area (Å²) in [5.41, 5.74) is 9.66. The van der Waals surface area contributed by atoms with E-state index in [9.17, 15) is 8.42 Å². The highest BCUT2D eigenvalue weighted by Gasteiger charge is 2.15. The lowest BCUT2D eigenvalue weighted by Gasteiger charge is -2.14. The van der Waals surface area contributed by atoms with Gasteiger partial charge in [0.25, 0.3) is 10.1 Å². The van der Waals surface area contributed by atoms with Crippen LogP contribution in [0, 0.1) is 13.8 Å². The van der Waals surface area contributed by atoms with Crippen molar-refractivity contribution in [2.45, 2.75) is 32.9 Å². The molecule has 0 spiro atoms. The normalized spacial score (nSPS) is 11.8.